The summed E-state index contributed by atoms with van der Waals surface area (Å²) in [5.41, 5.74) is -0.521. The maximum Gasteiger partial charge on any atom is 0.419 e. The summed E-state index contributed by atoms with van der Waals surface area (Å²) >= 11 is 5.40. The molecule has 0 fully saturated rings. The Kier molecular flexibility index (Phi) is 4.96. The number of nitrogens with one attached hydrogen (secondary N) is 1. The maximum atomic E-state index is 12.5. The SMILES string of the molecule is CNCCC=Cc1cnc(Cl)c(C(F)(F)F)c1. The van der Waals surface area contributed by atoms with Crippen LogP contribution in [0.25, 0.3) is 6.08 Å². The van der Waals surface area contributed by atoms with Crippen molar-refractivity contribution in [1.29, 1.82) is 0 Å². The minimum Gasteiger partial charge on any atom is -0.319 e. The highest BCUT2D eigenvalue weighted by atomic mass is 35.5. The quantitative estimate of drug-likeness (QED) is 0.666. The molecule has 94 valence electrons. The zero-order valence-corrected chi connectivity index (χ0v) is 9.94. The first-order chi connectivity index (χ1) is 7.95. The second kappa shape index (κ2) is 6.02. The fraction of sp³-hybridized carbons (Fsp3) is 0.364. The summed E-state index contributed by atoms with van der Waals surface area (Å²) in [7, 11) is 1.81. The van der Waals surface area contributed by atoms with Crippen LogP contribution in [0.2, 0.25) is 5.15 Å². The molecule has 0 aliphatic rings. The van der Waals surface area contributed by atoms with Gasteiger partial charge in [-0.1, -0.05) is 23.8 Å². The Morgan fingerprint density at radius 1 is 1.47 bits per heavy atom. The van der Waals surface area contributed by atoms with Crippen LogP contribution in [0.15, 0.2) is 18.3 Å². The predicted molar refractivity (Wildman–Crippen MR) is 61.8 cm³/mol. The van der Waals surface area contributed by atoms with E-state index in [0.29, 0.717) is 5.56 Å². The molecule has 1 aromatic rings. The number of hydrogen-bond acceptors (Lipinski definition) is 2. The average Bonchev–Trinajstić information content (AvgIpc) is 2.25. The molecule has 0 aliphatic carbocycles. The molecular weight excluding hydrogens is 253 g/mol. The van der Waals surface area contributed by atoms with E-state index < -0.39 is 16.9 Å². The van der Waals surface area contributed by atoms with E-state index in [0.717, 1.165) is 19.0 Å². The first-order valence-corrected chi connectivity index (χ1v) is 5.37. The summed E-state index contributed by atoms with van der Waals surface area (Å²) < 4.78 is 37.5. The summed E-state index contributed by atoms with van der Waals surface area (Å²) in [6, 6.07) is 0.991. The predicted octanol–water partition coefficient (Wildman–Crippen LogP) is 3.38. The number of hydrogen-bond donors (Lipinski definition) is 1. The lowest BCUT2D eigenvalue weighted by Crippen LogP contribution is -2.07. The van der Waals surface area contributed by atoms with Crippen molar-refractivity contribution in [3.63, 3.8) is 0 Å². The summed E-state index contributed by atoms with van der Waals surface area (Å²) in [5.74, 6) is 0. The van der Waals surface area contributed by atoms with E-state index in [9.17, 15) is 13.2 Å². The zero-order chi connectivity index (χ0) is 12.9. The molecule has 0 saturated heterocycles. The van der Waals surface area contributed by atoms with Crippen LogP contribution in [0.4, 0.5) is 13.2 Å². The monoisotopic (exact) mass is 264 g/mol. The van der Waals surface area contributed by atoms with E-state index in [1.165, 1.54) is 6.20 Å². The number of aromatic nitrogens is 1. The number of alkyl halides is 3. The smallest absolute Gasteiger partial charge is 0.319 e. The van der Waals surface area contributed by atoms with Crippen LogP contribution in [0.1, 0.15) is 17.5 Å². The highest BCUT2D eigenvalue weighted by Crippen LogP contribution is 2.34. The molecule has 17 heavy (non-hydrogen) atoms. The van der Waals surface area contributed by atoms with E-state index in [-0.39, 0.29) is 0 Å². The molecule has 0 spiro atoms. The van der Waals surface area contributed by atoms with Crippen LogP contribution < -0.4 is 5.32 Å². The third-order valence-corrected chi connectivity index (χ3v) is 2.34. The van der Waals surface area contributed by atoms with E-state index in [1.807, 2.05) is 0 Å². The van der Waals surface area contributed by atoms with Crippen molar-refractivity contribution in [1.82, 2.24) is 10.3 Å². The number of halogens is 4. The molecule has 1 rings (SSSR count). The standard InChI is InChI=1S/C11H12ClF3N2/c1-16-5-3-2-4-8-6-9(11(13,14)15)10(12)17-7-8/h2,4,6-7,16H,3,5H2,1H3. The molecule has 1 N–H and O–H groups in total. The van der Waals surface area contributed by atoms with Gasteiger partial charge in [0.2, 0.25) is 0 Å². The normalized spacial score (nSPS) is 12.3. The Bertz CT molecular complexity index is 402. The minimum atomic E-state index is -4.47. The lowest BCUT2D eigenvalue weighted by atomic mass is 10.2. The Balaban J connectivity index is 2.86. The highest BCUT2D eigenvalue weighted by molar-refractivity contribution is 6.30. The van der Waals surface area contributed by atoms with E-state index in [4.69, 9.17) is 11.6 Å². The van der Waals surface area contributed by atoms with Gasteiger partial charge in [-0.05, 0) is 31.6 Å². The largest absolute Gasteiger partial charge is 0.419 e. The van der Waals surface area contributed by atoms with Crippen LogP contribution in [0, 0.1) is 0 Å². The fourth-order valence-electron chi connectivity index (χ4n) is 1.20. The zero-order valence-electron chi connectivity index (χ0n) is 9.18. The number of pyridine rings is 1. The topological polar surface area (TPSA) is 24.9 Å². The molecule has 0 unspecified atom stereocenters. The van der Waals surface area contributed by atoms with Gasteiger partial charge < -0.3 is 5.32 Å². The van der Waals surface area contributed by atoms with Crippen molar-refractivity contribution in [2.24, 2.45) is 0 Å². The van der Waals surface area contributed by atoms with E-state index in [1.54, 1.807) is 19.2 Å². The number of nitrogens with zero attached hydrogens (tertiary/aromatic N) is 1. The first kappa shape index (κ1) is 14.0. The Morgan fingerprint density at radius 2 is 2.18 bits per heavy atom. The summed E-state index contributed by atoms with van der Waals surface area (Å²) in [5, 5.41) is 2.41. The van der Waals surface area contributed by atoms with Crippen molar-refractivity contribution in [2.45, 2.75) is 12.6 Å². The van der Waals surface area contributed by atoms with Crippen LogP contribution in [0.5, 0.6) is 0 Å². The van der Waals surface area contributed by atoms with Crippen LogP contribution >= 0.6 is 11.6 Å². The Morgan fingerprint density at radius 3 is 2.76 bits per heavy atom. The molecule has 0 saturated carbocycles. The molecule has 1 heterocycles. The molecule has 0 amide bonds. The lowest BCUT2D eigenvalue weighted by molar-refractivity contribution is -0.137. The van der Waals surface area contributed by atoms with Gasteiger partial charge in [0.25, 0.3) is 0 Å². The molecule has 1 aromatic heterocycles. The lowest BCUT2D eigenvalue weighted by Gasteiger charge is -2.08. The fourth-order valence-corrected chi connectivity index (χ4v) is 1.41. The van der Waals surface area contributed by atoms with Crippen LogP contribution in [-0.2, 0) is 6.18 Å². The summed E-state index contributed by atoms with van der Waals surface area (Å²) in [6.45, 7) is 0.768. The second-order valence-electron chi connectivity index (χ2n) is 3.40. The highest BCUT2D eigenvalue weighted by Gasteiger charge is 2.33. The maximum absolute atomic E-state index is 12.5. The van der Waals surface area contributed by atoms with Crippen molar-refractivity contribution in [3.8, 4) is 0 Å². The van der Waals surface area contributed by atoms with Crippen LogP contribution in [-0.4, -0.2) is 18.6 Å². The van der Waals surface area contributed by atoms with Crippen LogP contribution in [0.3, 0.4) is 0 Å². The van der Waals surface area contributed by atoms with Gasteiger partial charge in [-0.25, -0.2) is 4.98 Å². The van der Waals surface area contributed by atoms with Gasteiger partial charge >= 0.3 is 6.18 Å². The summed E-state index contributed by atoms with van der Waals surface area (Å²) in [6.07, 6.45) is 0.949. The van der Waals surface area contributed by atoms with Gasteiger partial charge in [-0.3, -0.25) is 0 Å². The molecule has 2 nitrogen and oxygen atoms in total. The van der Waals surface area contributed by atoms with Gasteiger partial charge in [-0.2, -0.15) is 13.2 Å². The van der Waals surface area contributed by atoms with Gasteiger partial charge in [0.05, 0.1) is 5.56 Å². The van der Waals surface area contributed by atoms with E-state index in [2.05, 4.69) is 10.3 Å². The molecule has 0 bridgehead atoms. The molecule has 0 aliphatic heterocycles. The van der Waals surface area contributed by atoms with Gasteiger partial charge in [-0.15, -0.1) is 0 Å². The van der Waals surface area contributed by atoms with Crippen molar-refractivity contribution in [2.75, 3.05) is 13.6 Å². The van der Waals surface area contributed by atoms with Crippen molar-refractivity contribution < 1.29 is 13.2 Å². The third kappa shape index (κ3) is 4.36. The second-order valence-corrected chi connectivity index (χ2v) is 3.76. The minimum absolute atomic E-state index is 0.387. The molecule has 0 aromatic carbocycles. The molecule has 6 heteroatoms. The van der Waals surface area contributed by atoms with Gasteiger partial charge in [0.15, 0.2) is 0 Å². The summed E-state index contributed by atoms with van der Waals surface area (Å²) in [4.78, 5) is 3.52. The van der Waals surface area contributed by atoms with Crippen molar-refractivity contribution >= 4 is 17.7 Å². The van der Waals surface area contributed by atoms with Gasteiger partial charge in [0.1, 0.15) is 5.15 Å². The Hall–Kier alpha value is -1.07. The van der Waals surface area contributed by atoms with E-state index >= 15 is 0 Å². The molecule has 0 radical (unpaired) electrons. The average molecular weight is 265 g/mol. The number of rotatable bonds is 4. The van der Waals surface area contributed by atoms with Crippen molar-refractivity contribution in [3.05, 3.63) is 34.6 Å². The molecule has 0 atom stereocenters. The van der Waals surface area contributed by atoms with Gasteiger partial charge in [0, 0.05) is 6.20 Å². The third-order valence-electron chi connectivity index (χ3n) is 2.04. The first-order valence-electron chi connectivity index (χ1n) is 4.99. The Labute approximate surface area is 103 Å². The molecular formula is C11H12ClF3N2.